The van der Waals surface area contributed by atoms with Crippen LogP contribution in [0.5, 0.6) is 0 Å². The monoisotopic (exact) mass is 294 g/mol. The summed E-state index contributed by atoms with van der Waals surface area (Å²) in [6, 6.07) is 6.50. The van der Waals surface area contributed by atoms with E-state index in [9.17, 15) is 0 Å². The van der Waals surface area contributed by atoms with Crippen LogP contribution in [0.3, 0.4) is 0 Å². The summed E-state index contributed by atoms with van der Waals surface area (Å²) in [5.41, 5.74) is 4.66. The Labute approximate surface area is 128 Å². The molecule has 0 unspecified atom stereocenters. The third kappa shape index (κ3) is 2.31. The number of likely N-dealkylation sites (N-methyl/N-ethyl adjacent to an activating group) is 1. The molecule has 22 heavy (non-hydrogen) atoms. The molecule has 6 heteroatoms. The molecule has 3 heterocycles. The second kappa shape index (κ2) is 5.06. The van der Waals surface area contributed by atoms with Gasteiger partial charge in [0.05, 0.1) is 11.6 Å². The Hall–Kier alpha value is -2.47. The van der Waals surface area contributed by atoms with Gasteiger partial charge in [0.15, 0.2) is 5.65 Å². The van der Waals surface area contributed by atoms with Gasteiger partial charge in [0.2, 0.25) is 5.95 Å². The van der Waals surface area contributed by atoms with Crippen LogP contribution in [0.4, 0.5) is 11.6 Å². The lowest BCUT2D eigenvalue weighted by Crippen LogP contribution is -2.26. The van der Waals surface area contributed by atoms with Gasteiger partial charge in [0.25, 0.3) is 0 Å². The molecule has 0 atom stereocenters. The molecule has 3 aromatic rings. The maximum Gasteiger partial charge on any atom is 0.229 e. The minimum atomic E-state index is 0.597. The Kier molecular flexibility index (Phi) is 3.04. The van der Waals surface area contributed by atoms with E-state index in [-0.39, 0.29) is 0 Å². The van der Waals surface area contributed by atoms with Crippen LogP contribution in [0.15, 0.2) is 30.6 Å². The predicted molar refractivity (Wildman–Crippen MR) is 86.1 cm³/mol. The van der Waals surface area contributed by atoms with Crippen LogP contribution < -0.4 is 5.32 Å². The molecule has 0 radical (unpaired) electrons. The zero-order chi connectivity index (χ0) is 15.1. The Morgan fingerprint density at radius 2 is 2.05 bits per heavy atom. The van der Waals surface area contributed by atoms with Crippen LogP contribution >= 0.6 is 0 Å². The summed E-state index contributed by atoms with van der Waals surface area (Å²) < 4.78 is 1.75. The number of nitrogens with zero attached hydrogens (tertiary/aromatic N) is 5. The lowest BCUT2D eigenvalue weighted by molar-refractivity contribution is 0.313. The maximum absolute atomic E-state index is 4.52. The zero-order valence-electron chi connectivity index (χ0n) is 12.7. The fourth-order valence-corrected chi connectivity index (χ4v) is 2.90. The topological polar surface area (TPSA) is 58.9 Å². The number of rotatable bonds is 2. The number of aromatic nitrogens is 4. The van der Waals surface area contributed by atoms with Crippen molar-refractivity contribution in [2.24, 2.45) is 7.05 Å². The molecule has 1 aliphatic rings. The fourth-order valence-electron chi connectivity index (χ4n) is 2.90. The maximum atomic E-state index is 4.52. The molecular formula is C16H18N6. The van der Waals surface area contributed by atoms with Crippen molar-refractivity contribution in [1.29, 1.82) is 0 Å². The van der Waals surface area contributed by atoms with Gasteiger partial charge in [0, 0.05) is 32.0 Å². The van der Waals surface area contributed by atoms with Gasteiger partial charge in [-0.1, -0.05) is 6.07 Å². The number of nitrogens with one attached hydrogen (secondary N) is 1. The molecule has 112 valence electrons. The minimum absolute atomic E-state index is 0.597. The van der Waals surface area contributed by atoms with Gasteiger partial charge in [-0.25, -0.2) is 4.98 Å². The summed E-state index contributed by atoms with van der Waals surface area (Å²) in [5, 5.41) is 8.43. The first-order valence-electron chi connectivity index (χ1n) is 7.41. The van der Waals surface area contributed by atoms with Gasteiger partial charge in [-0.3, -0.25) is 4.68 Å². The quantitative estimate of drug-likeness (QED) is 0.784. The fraction of sp³-hybridized carbons (Fsp3) is 0.312. The standard InChI is InChI=1S/C16H18N6/c1-21-6-5-11-3-4-14(7-12(11)10-21)19-16-17-8-13-9-18-22(2)15(13)20-16/h3-4,7-9H,5-6,10H2,1-2H3,(H,17,19,20). The molecule has 0 aliphatic carbocycles. The van der Waals surface area contributed by atoms with E-state index in [1.54, 1.807) is 17.1 Å². The van der Waals surface area contributed by atoms with Crippen molar-refractivity contribution >= 4 is 22.7 Å². The molecule has 0 bridgehead atoms. The summed E-state index contributed by atoms with van der Waals surface area (Å²) in [6.45, 7) is 2.12. The second-order valence-electron chi connectivity index (χ2n) is 5.84. The van der Waals surface area contributed by atoms with Crippen molar-refractivity contribution in [2.75, 3.05) is 18.9 Å². The van der Waals surface area contributed by atoms with E-state index in [0.29, 0.717) is 5.95 Å². The molecular weight excluding hydrogens is 276 g/mol. The summed E-state index contributed by atoms with van der Waals surface area (Å²) in [4.78, 5) is 11.2. The van der Waals surface area contributed by atoms with E-state index >= 15 is 0 Å². The summed E-state index contributed by atoms with van der Waals surface area (Å²) in [5.74, 6) is 0.597. The van der Waals surface area contributed by atoms with Crippen molar-refractivity contribution in [1.82, 2.24) is 24.6 Å². The first-order chi connectivity index (χ1) is 10.7. The van der Waals surface area contributed by atoms with E-state index in [1.807, 2.05) is 7.05 Å². The second-order valence-corrected chi connectivity index (χ2v) is 5.84. The van der Waals surface area contributed by atoms with Gasteiger partial charge in [0.1, 0.15) is 0 Å². The first-order valence-corrected chi connectivity index (χ1v) is 7.41. The average Bonchev–Trinajstić information content (AvgIpc) is 2.88. The zero-order valence-corrected chi connectivity index (χ0v) is 12.7. The van der Waals surface area contributed by atoms with Crippen molar-refractivity contribution in [3.05, 3.63) is 41.7 Å². The van der Waals surface area contributed by atoms with Crippen molar-refractivity contribution in [3.8, 4) is 0 Å². The number of fused-ring (bicyclic) bond motifs is 2. The molecule has 0 amide bonds. The Bertz CT molecular complexity index is 838. The van der Waals surface area contributed by atoms with E-state index in [2.05, 4.69) is 50.5 Å². The minimum Gasteiger partial charge on any atom is -0.324 e. The van der Waals surface area contributed by atoms with Gasteiger partial charge < -0.3 is 10.2 Å². The number of hydrogen-bond donors (Lipinski definition) is 1. The van der Waals surface area contributed by atoms with Crippen LogP contribution in [0.25, 0.3) is 11.0 Å². The highest BCUT2D eigenvalue weighted by molar-refractivity contribution is 5.75. The summed E-state index contributed by atoms with van der Waals surface area (Å²) >= 11 is 0. The SMILES string of the molecule is CN1CCc2ccc(Nc3ncc4cnn(C)c4n3)cc2C1. The van der Waals surface area contributed by atoms with Gasteiger partial charge in [-0.05, 0) is 36.7 Å². The van der Waals surface area contributed by atoms with Gasteiger partial charge in [-0.2, -0.15) is 10.1 Å². The molecule has 0 saturated carbocycles. The van der Waals surface area contributed by atoms with E-state index < -0.39 is 0 Å². The van der Waals surface area contributed by atoms with Crippen LogP contribution in [0, 0.1) is 0 Å². The van der Waals surface area contributed by atoms with E-state index in [0.717, 1.165) is 36.2 Å². The van der Waals surface area contributed by atoms with Crippen molar-refractivity contribution < 1.29 is 0 Å². The van der Waals surface area contributed by atoms with Crippen molar-refractivity contribution in [3.63, 3.8) is 0 Å². The van der Waals surface area contributed by atoms with Crippen LogP contribution in [-0.2, 0) is 20.0 Å². The average molecular weight is 294 g/mol. The number of hydrogen-bond acceptors (Lipinski definition) is 5. The van der Waals surface area contributed by atoms with Crippen LogP contribution in [0.1, 0.15) is 11.1 Å². The van der Waals surface area contributed by atoms with E-state index in [1.165, 1.54) is 11.1 Å². The number of benzene rings is 1. The molecule has 0 fully saturated rings. The first kappa shape index (κ1) is 13.2. The predicted octanol–water partition coefficient (Wildman–Crippen LogP) is 2.09. The normalized spacial score (nSPS) is 15.0. The molecule has 1 aromatic carbocycles. The van der Waals surface area contributed by atoms with Gasteiger partial charge >= 0.3 is 0 Å². The lowest BCUT2D eigenvalue weighted by atomic mass is 9.99. The molecule has 2 aromatic heterocycles. The third-order valence-corrected chi connectivity index (χ3v) is 4.14. The highest BCUT2D eigenvalue weighted by atomic mass is 15.3. The van der Waals surface area contributed by atoms with Crippen LogP contribution in [0.2, 0.25) is 0 Å². The smallest absolute Gasteiger partial charge is 0.229 e. The lowest BCUT2D eigenvalue weighted by Gasteiger charge is -2.25. The largest absolute Gasteiger partial charge is 0.324 e. The molecule has 1 aliphatic heterocycles. The molecule has 4 rings (SSSR count). The molecule has 0 saturated heterocycles. The van der Waals surface area contributed by atoms with Crippen LogP contribution in [-0.4, -0.2) is 38.2 Å². The molecule has 6 nitrogen and oxygen atoms in total. The Morgan fingerprint density at radius 3 is 2.95 bits per heavy atom. The summed E-state index contributed by atoms with van der Waals surface area (Å²) in [7, 11) is 4.04. The Morgan fingerprint density at radius 1 is 1.14 bits per heavy atom. The highest BCUT2D eigenvalue weighted by Gasteiger charge is 2.13. The van der Waals surface area contributed by atoms with E-state index in [4.69, 9.17) is 0 Å². The number of aryl methyl sites for hydroxylation is 1. The van der Waals surface area contributed by atoms with Crippen molar-refractivity contribution in [2.45, 2.75) is 13.0 Å². The Balaban J connectivity index is 1.64. The summed E-state index contributed by atoms with van der Waals surface area (Å²) in [6.07, 6.45) is 4.68. The number of anilines is 2. The van der Waals surface area contributed by atoms with Gasteiger partial charge in [-0.15, -0.1) is 0 Å². The third-order valence-electron chi connectivity index (χ3n) is 4.14. The molecule has 0 spiro atoms. The highest BCUT2D eigenvalue weighted by Crippen LogP contribution is 2.23. The molecule has 1 N–H and O–H groups in total.